The quantitative estimate of drug-likeness (QED) is 0.642. The lowest BCUT2D eigenvalue weighted by molar-refractivity contribution is 0.336. The molecule has 0 aromatic carbocycles. The number of hydrogen-bond acceptors (Lipinski definition) is 1. The second-order valence-corrected chi connectivity index (χ2v) is 3.58. The molecule has 10 heavy (non-hydrogen) atoms. The Hall–Kier alpha value is -0.0400. The van der Waals surface area contributed by atoms with Gasteiger partial charge in [-0.15, -0.1) is 0 Å². The van der Waals surface area contributed by atoms with Gasteiger partial charge >= 0.3 is 0 Å². The van der Waals surface area contributed by atoms with E-state index in [2.05, 4.69) is 27.7 Å². The smallest absolute Gasteiger partial charge is 0.00131 e. The van der Waals surface area contributed by atoms with Crippen molar-refractivity contribution < 1.29 is 0 Å². The Labute approximate surface area is 65.0 Å². The van der Waals surface area contributed by atoms with Crippen LogP contribution in [0.15, 0.2) is 0 Å². The fourth-order valence-electron chi connectivity index (χ4n) is 1.22. The number of hydrogen-bond donors (Lipinski definition) is 1. The van der Waals surface area contributed by atoms with E-state index in [1.807, 2.05) is 0 Å². The molecule has 1 nitrogen and oxygen atoms in total. The van der Waals surface area contributed by atoms with Crippen molar-refractivity contribution in [2.75, 3.05) is 0 Å². The Morgan fingerprint density at radius 3 is 1.90 bits per heavy atom. The third-order valence-electron chi connectivity index (χ3n) is 2.36. The van der Waals surface area contributed by atoms with Crippen LogP contribution in [0.25, 0.3) is 0 Å². The van der Waals surface area contributed by atoms with Gasteiger partial charge in [-0.3, -0.25) is 0 Å². The summed E-state index contributed by atoms with van der Waals surface area (Å²) in [5.74, 6) is 1.61. The maximum Gasteiger partial charge on any atom is 0.00131 e. The minimum Gasteiger partial charge on any atom is -0.328 e. The van der Waals surface area contributed by atoms with Crippen LogP contribution in [0.5, 0.6) is 0 Å². The van der Waals surface area contributed by atoms with Gasteiger partial charge < -0.3 is 5.73 Å². The van der Waals surface area contributed by atoms with Crippen LogP contribution in [0.1, 0.15) is 40.5 Å². The highest BCUT2D eigenvalue weighted by Gasteiger charge is 2.11. The second kappa shape index (κ2) is 4.73. The SMILES string of the molecule is CC[C@H](C)C(C)CC(C)N. The first kappa shape index (κ1) is 9.96. The number of nitrogens with two attached hydrogens (primary N) is 1. The molecule has 0 aromatic heterocycles. The third kappa shape index (κ3) is 3.89. The van der Waals surface area contributed by atoms with Crippen molar-refractivity contribution in [3.63, 3.8) is 0 Å². The molecule has 0 saturated carbocycles. The van der Waals surface area contributed by atoms with Crippen molar-refractivity contribution in [3.8, 4) is 0 Å². The molecule has 0 aliphatic carbocycles. The molecule has 2 unspecified atom stereocenters. The zero-order valence-electron chi connectivity index (χ0n) is 7.72. The predicted molar refractivity (Wildman–Crippen MR) is 46.9 cm³/mol. The molecular weight excluding hydrogens is 122 g/mol. The van der Waals surface area contributed by atoms with Crippen LogP contribution in [-0.2, 0) is 0 Å². The molecule has 0 saturated heterocycles. The van der Waals surface area contributed by atoms with Gasteiger partial charge in [0.1, 0.15) is 0 Å². The summed E-state index contributed by atoms with van der Waals surface area (Å²) in [5.41, 5.74) is 5.69. The predicted octanol–water partition coefficient (Wildman–Crippen LogP) is 2.41. The summed E-state index contributed by atoms with van der Waals surface area (Å²) >= 11 is 0. The molecule has 62 valence electrons. The molecule has 0 spiro atoms. The molecule has 0 aliphatic rings. The van der Waals surface area contributed by atoms with Crippen molar-refractivity contribution in [2.24, 2.45) is 17.6 Å². The molecular formula is C9H21N. The van der Waals surface area contributed by atoms with Gasteiger partial charge in [-0.1, -0.05) is 27.2 Å². The van der Waals surface area contributed by atoms with Crippen molar-refractivity contribution in [1.29, 1.82) is 0 Å². The van der Waals surface area contributed by atoms with Gasteiger partial charge in [-0.05, 0) is 25.2 Å². The highest BCUT2D eigenvalue weighted by atomic mass is 14.6. The normalized spacial score (nSPS) is 20.1. The van der Waals surface area contributed by atoms with E-state index in [0.29, 0.717) is 6.04 Å². The summed E-state index contributed by atoms with van der Waals surface area (Å²) in [6.45, 7) is 8.91. The van der Waals surface area contributed by atoms with Crippen LogP contribution in [-0.4, -0.2) is 6.04 Å². The van der Waals surface area contributed by atoms with Gasteiger partial charge in [0.05, 0.1) is 0 Å². The van der Waals surface area contributed by atoms with Gasteiger partial charge in [0, 0.05) is 6.04 Å². The lowest BCUT2D eigenvalue weighted by Crippen LogP contribution is -2.21. The molecule has 0 aromatic rings. The molecule has 0 heterocycles. The maximum absolute atomic E-state index is 5.69. The summed E-state index contributed by atoms with van der Waals surface area (Å²) < 4.78 is 0. The van der Waals surface area contributed by atoms with Crippen LogP contribution in [0.4, 0.5) is 0 Å². The van der Waals surface area contributed by atoms with Gasteiger partial charge in [-0.2, -0.15) is 0 Å². The molecule has 0 amide bonds. The van der Waals surface area contributed by atoms with Gasteiger partial charge in [0.15, 0.2) is 0 Å². The lowest BCUT2D eigenvalue weighted by atomic mass is 9.89. The van der Waals surface area contributed by atoms with Crippen molar-refractivity contribution >= 4 is 0 Å². The first-order valence-electron chi connectivity index (χ1n) is 4.33. The van der Waals surface area contributed by atoms with Crippen molar-refractivity contribution in [1.82, 2.24) is 0 Å². The van der Waals surface area contributed by atoms with Crippen molar-refractivity contribution in [3.05, 3.63) is 0 Å². The summed E-state index contributed by atoms with van der Waals surface area (Å²) in [7, 11) is 0. The Bertz CT molecular complexity index is 78.8. The van der Waals surface area contributed by atoms with Gasteiger partial charge in [-0.25, -0.2) is 0 Å². The monoisotopic (exact) mass is 143 g/mol. The highest BCUT2D eigenvalue weighted by Crippen LogP contribution is 2.18. The van der Waals surface area contributed by atoms with E-state index < -0.39 is 0 Å². The maximum atomic E-state index is 5.69. The first-order valence-corrected chi connectivity index (χ1v) is 4.33. The van der Waals surface area contributed by atoms with Crippen LogP contribution < -0.4 is 5.73 Å². The molecule has 0 fully saturated rings. The third-order valence-corrected chi connectivity index (χ3v) is 2.36. The summed E-state index contributed by atoms with van der Waals surface area (Å²) in [4.78, 5) is 0. The average molecular weight is 143 g/mol. The van der Waals surface area contributed by atoms with Crippen LogP contribution in [0.3, 0.4) is 0 Å². The second-order valence-electron chi connectivity index (χ2n) is 3.58. The molecule has 0 radical (unpaired) electrons. The molecule has 0 bridgehead atoms. The molecule has 0 aliphatic heterocycles. The highest BCUT2D eigenvalue weighted by molar-refractivity contribution is 4.65. The van der Waals surface area contributed by atoms with Crippen molar-refractivity contribution in [2.45, 2.75) is 46.6 Å². The molecule has 1 heteroatoms. The van der Waals surface area contributed by atoms with E-state index in [1.165, 1.54) is 6.42 Å². The zero-order valence-corrected chi connectivity index (χ0v) is 7.72. The van der Waals surface area contributed by atoms with Gasteiger partial charge in [0.2, 0.25) is 0 Å². The fourth-order valence-corrected chi connectivity index (χ4v) is 1.22. The topological polar surface area (TPSA) is 26.0 Å². The fraction of sp³-hybridized carbons (Fsp3) is 1.00. The molecule has 3 atom stereocenters. The average Bonchev–Trinajstić information content (AvgIpc) is 1.85. The summed E-state index contributed by atoms with van der Waals surface area (Å²) in [6, 6.07) is 0.365. The minimum atomic E-state index is 0.365. The Kier molecular flexibility index (Phi) is 4.71. The molecule has 2 N–H and O–H groups in total. The van der Waals surface area contributed by atoms with Crippen LogP contribution in [0, 0.1) is 11.8 Å². The minimum absolute atomic E-state index is 0.365. The summed E-state index contributed by atoms with van der Waals surface area (Å²) in [5, 5.41) is 0. The van der Waals surface area contributed by atoms with E-state index in [-0.39, 0.29) is 0 Å². The Balaban J connectivity index is 3.50. The van der Waals surface area contributed by atoms with E-state index >= 15 is 0 Å². The standard InChI is InChI=1S/C9H21N/c1-5-7(2)8(3)6-9(4)10/h7-9H,5-6,10H2,1-4H3/t7-,8?,9?/m0/s1. The van der Waals surface area contributed by atoms with Crippen LogP contribution in [0.2, 0.25) is 0 Å². The zero-order chi connectivity index (χ0) is 8.15. The summed E-state index contributed by atoms with van der Waals surface area (Å²) in [6.07, 6.45) is 2.43. The molecule has 0 rings (SSSR count). The lowest BCUT2D eigenvalue weighted by Gasteiger charge is -2.19. The Morgan fingerprint density at radius 1 is 1.10 bits per heavy atom. The largest absolute Gasteiger partial charge is 0.328 e. The van der Waals surface area contributed by atoms with E-state index in [4.69, 9.17) is 5.73 Å². The van der Waals surface area contributed by atoms with E-state index in [1.54, 1.807) is 0 Å². The van der Waals surface area contributed by atoms with Crippen LogP contribution >= 0.6 is 0 Å². The number of rotatable bonds is 4. The van der Waals surface area contributed by atoms with Gasteiger partial charge in [0.25, 0.3) is 0 Å². The first-order chi connectivity index (χ1) is 4.57. The Morgan fingerprint density at radius 2 is 1.60 bits per heavy atom. The van der Waals surface area contributed by atoms with E-state index in [9.17, 15) is 0 Å². The van der Waals surface area contributed by atoms with E-state index in [0.717, 1.165) is 18.3 Å².